The fourth-order valence-electron chi connectivity index (χ4n) is 5.58. The second kappa shape index (κ2) is 17.7. The topological polar surface area (TPSA) is 93.1 Å². The summed E-state index contributed by atoms with van der Waals surface area (Å²) in [5.41, 5.74) is 5.30. The van der Waals surface area contributed by atoms with Crippen LogP contribution >= 0.6 is 0 Å². The van der Waals surface area contributed by atoms with Crippen molar-refractivity contribution in [3.8, 4) is 11.1 Å². The molecular weight excluding hydrogens is 528 g/mol. The molecule has 0 saturated heterocycles. The van der Waals surface area contributed by atoms with Crippen LogP contribution in [0.25, 0.3) is 11.1 Å². The summed E-state index contributed by atoms with van der Waals surface area (Å²) in [6, 6.07) is 18.1. The van der Waals surface area contributed by atoms with Gasteiger partial charge in [0.25, 0.3) is 0 Å². The molecule has 42 heavy (non-hydrogen) atoms. The monoisotopic (exact) mass is 576 g/mol. The van der Waals surface area contributed by atoms with E-state index in [1.54, 1.807) is 0 Å². The van der Waals surface area contributed by atoms with E-state index in [2.05, 4.69) is 68.6 Å². The van der Waals surface area contributed by atoms with E-state index in [-0.39, 0.29) is 30.3 Å². The number of aliphatic hydroxyl groups is 2. The largest absolute Gasteiger partial charge is 0.462 e. The highest BCUT2D eigenvalue weighted by Crippen LogP contribution is 2.38. The Hall–Kier alpha value is -3.22. The maximum absolute atomic E-state index is 12.0. The van der Waals surface area contributed by atoms with Crippen molar-refractivity contribution in [2.45, 2.75) is 77.0 Å². The minimum atomic E-state index is -0.653. The van der Waals surface area contributed by atoms with Gasteiger partial charge in [-0.15, -0.1) is 0 Å². The van der Waals surface area contributed by atoms with E-state index < -0.39 is 25.2 Å². The molecule has 0 unspecified atom stereocenters. The molecule has 6 heteroatoms. The van der Waals surface area contributed by atoms with Crippen LogP contribution in [0.3, 0.4) is 0 Å². The van der Waals surface area contributed by atoms with Gasteiger partial charge in [-0.1, -0.05) is 81.5 Å². The smallest absolute Gasteiger partial charge is 0.335 e. The number of ether oxygens (including phenoxy) is 2. The van der Waals surface area contributed by atoms with Crippen LogP contribution in [0, 0.1) is 11.8 Å². The molecule has 1 aliphatic carbocycles. The number of hydrogen-bond donors (Lipinski definition) is 2. The summed E-state index contributed by atoms with van der Waals surface area (Å²) in [6.07, 6.45) is 11.1. The zero-order chi connectivity index (χ0) is 30.3. The van der Waals surface area contributed by atoms with E-state index in [1.165, 1.54) is 41.5 Å². The van der Waals surface area contributed by atoms with E-state index in [4.69, 9.17) is 19.7 Å². The molecule has 1 saturated carbocycles. The van der Waals surface area contributed by atoms with E-state index >= 15 is 0 Å². The van der Waals surface area contributed by atoms with Crippen LogP contribution in [-0.4, -0.2) is 48.6 Å². The van der Waals surface area contributed by atoms with E-state index in [0.717, 1.165) is 44.9 Å². The first-order chi connectivity index (χ1) is 20.3. The Morgan fingerprint density at radius 1 is 0.810 bits per heavy atom. The standard InChI is InChI=1S/C36H48O6/c1-4-5-6-7-28-10-14-31(15-11-28)33-18-20-34(21-19-33)32-16-12-29(13-17-32)8-9-30(24-41-35(39)26(2)22-37)25-42-36(40)27(3)23-38/h10-11,14-15,18-21,29-30,32,37-38H,2-9,12-13,16-17,22-25H2,1H3. The normalized spacial score (nSPS) is 16.7. The highest BCUT2D eigenvalue weighted by atomic mass is 16.5. The van der Waals surface area contributed by atoms with Gasteiger partial charge in [0.2, 0.25) is 0 Å². The second-order valence-corrected chi connectivity index (χ2v) is 11.7. The molecule has 0 heterocycles. The Morgan fingerprint density at radius 3 is 1.83 bits per heavy atom. The molecule has 2 N–H and O–H groups in total. The summed E-state index contributed by atoms with van der Waals surface area (Å²) in [6.45, 7) is 8.44. The molecular formula is C36H48O6. The molecule has 3 rings (SSSR count). The summed E-state index contributed by atoms with van der Waals surface area (Å²) >= 11 is 0. The molecule has 0 aliphatic heterocycles. The van der Waals surface area contributed by atoms with E-state index in [1.807, 2.05) is 0 Å². The first-order valence-electron chi connectivity index (χ1n) is 15.4. The number of hydrogen-bond acceptors (Lipinski definition) is 6. The number of rotatable bonds is 17. The van der Waals surface area contributed by atoms with Gasteiger partial charge in [0, 0.05) is 5.92 Å². The quantitative estimate of drug-likeness (QED) is 0.120. The molecule has 0 aromatic heterocycles. The fraction of sp³-hybridized carbons (Fsp3) is 0.500. The number of aliphatic hydroxyl groups excluding tert-OH is 2. The van der Waals surface area contributed by atoms with Gasteiger partial charge in [-0.3, -0.25) is 0 Å². The van der Waals surface area contributed by atoms with Crippen molar-refractivity contribution in [2.75, 3.05) is 26.4 Å². The molecule has 0 radical (unpaired) electrons. The summed E-state index contributed by atoms with van der Waals surface area (Å²) in [5.74, 6) is -0.376. The minimum Gasteiger partial charge on any atom is -0.462 e. The molecule has 0 amide bonds. The fourth-order valence-corrected chi connectivity index (χ4v) is 5.58. The Kier molecular flexibility index (Phi) is 14.0. The Balaban J connectivity index is 1.48. The first-order valence-corrected chi connectivity index (χ1v) is 15.4. The average molecular weight is 577 g/mol. The van der Waals surface area contributed by atoms with Crippen LogP contribution in [0.15, 0.2) is 72.8 Å². The minimum absolute atomic E-state index is 0.0125. The lowest BCUT2D eigenvalue weighted by Crippen LogP contribution is -2.24. The van der Waals surface area contributed by atoms with Crippen molar-refractivity contribution in [1.29, 1.82) is 0 Å². The number of esters is 2. The van der Waals surface area contributed by atoms with Crippen LogP contribution in [0.2, 0.25) is 0 Å². The van der Waals surface area contributed by atoms with Gasteiger partial charge in [0.15, 0.2) is 0 Å². The number of carbonyl (C=O) groups excluding carboxylic acids is 2. The number of aryl methyl sites for hydroxylation is 1. The van der Waals surface area contributed by atoms with Crippen LogP contribution in [0.1, 0.15) is 81.8 Å². The van der Waals surface area contributed by atoms with E-state index in [0.29, 0.717) is 11.8 Å². The van der Waals surface area contributed by atoms with Crippen molar-refractivity contribution in [3.05, 3.63) is 84.0 Å². The maximum atomic E-state index is 12.0. The third kappa shape index (κ3) is 10.6. The van der Waals surface area contributed by atoms with Crippen LogP contribution in [0.4, 0.5) is 0 Å². The van der Waals surface area contributed by atoms with Gasteiger partial charge in [-0.05, 0) is 85.5 Å². The lowest BCUT2D eigenvalue weighted by Gasteiger charge is -2.30. The van der Waals surface area contributed by atoms with Crippen molar-refractivity contribution in [2.24, 2.45) is 11.8 Å². The van der Waals surface area contributed by atoms with Crippen LogP contribution < -0.4 is 0 Å². The van der Waals surface area contributed by atoms with Crippen molar-refractivity contribution in [3.63, 3.8) is 0 Å². The second-order valence-electron chi connectivity index (χ2n) is 11.7. The molecule has 0 spiro atoms. The molecule has 6 nitrogen and oxygen atoms in total. The molecule has 1 aliphatic rings. The highest BCUT2D eigenvalue weighted by molar-refractivity contribution is 5.88. The van der Waals surface area contributed by atoms with Gasteiger partial charge in [0.05, 0.1) is 37.6 Å². The third-order valence-corrected chi connectivity index (χ3v) is 8.43. The lowest BCUT2D eigenvalue weighted by molar-refractivity contribution is -0.144. The van der Waals surface area contributed by atoms with Crippen molar-refractivity contribution >= 4 is 11.9 Å². The first kappa shape index (κ1) is 33.3. The van der Waals surface area contributed by atoms with Gasteiger partial charge >= 0.3 is 11.9 Å². The Bertz CT molecular complexity index is 1110. The van der Waals surface area contributed by atoms with Gasteiger partial charge < -0.3 is 19.7 Å². The van der Waals surface area contributed by atoms with Gasteiger partial charge in [0.1, 0.15) is 0 Å². The summed E-state index contributed by atoms with van der Waals surface area (Å²) < 4.78 is 10.6. The molecule has 1 fully saturated rings. The zero-order valence-corrected chi connectivity index (χ0v) is 25.2. The van der Waals surface area contributed by atoms with Crippen LogP contribution in [-0.2, 0) is 25.5 Å². The predicted octanol–water partition coefficient (Wildman–Crippen LogP) is 6.94. The average Bonchev–Trinajstić information content (AvgIpc) is 3.04. The van der Waals surface area contributed by atoms with Crippen molar-refractivity contribution in [1.82, 2.24) is 0 Å². The highest BCUT2D eigenvalue weighted by Gasteiger charge is 2.24. The van der Waals surface area contributed by atoms with Gasteiger partial charge in [-0.25, -0.2) is 9.59 Å². The third-order valence-electron chi connectivity index (χ3n) is 8.43. The number of carbonyl (C=O) groups is 2. The summed E-state index contributed by atoms with van der Waals surface area (Å²) in [7, 11) is 0. The molecule has 2 aromatic rings. The lowest BCUT2D eigenvalue weighted by atomic mass is 9.76. The van der Waals surface area contributed by atoms with Crippen molar-refractivity contribution < 1.29 is 29.3 Å². The molecule has 2 aromatic carbocycles. The summed E-state index contributed by atoms with van der Waals surface area (Å²) in [4.78, 5) is 23.9. The zero-order valence-electron chi connectivity index (χ0n) is 25.2. The summed E-state index contributed by atoms with van der Waals surface area (Å²) in [5, 5.41) is 18.2. The van der Waals surface area contributed by atoms with Crippen LogP contribution in [0.5, 0.6) is 0 Å². The van der Waals surface area contributed by atoms with Gasteiger partial charge in [-0.2, -0.15) is 0 Å². The predicted molar refractivity (Wildman–Crippen MR) is 167 cm³/mol. The molecule has 0 atom stereocenters. The number of unbranched alkanes of at least 4 members (excludes halogenated alkanes) is 2. The van der Waals surface area contributed by atoms with E-state index in [9.17, 15) is 9.59 Å². The maximum Gasteiger partial charge on any atom is 0.335 e. The molecule has 228 valence electrons. The Labute approximate surface area is 251 Å². The Morgan fingerprint density at radius 2 is 1.33 bits per heavy atom. The number of benzene rings is 2. The SMILES string of the molecule is C=C(CO)C(=O)OCC(CCC1CCC(c2ccc(-c3ccc(CCCCC)cc3)cc2)CC1)COC(=O)C(=C)CO. The molecule has 0 bridgehead atoms.